The molecule has 0 aliphatic heterocycles. The minimum Gasteiger partial charge on any atom is -0.598 e. The first-order valence-corrected chi connectivity index (χ1v) is 13.5. The molecular formula is C30H32FNO5S. The molecule has 1 heterocycles. The van der Waals surface area contributed by atoms with Crippen LogP contribution in [0.1, 0.15) is 49.1 Å². The molecule has 0 aliphatic rings. The molecule has 0 saturated heterocycles. The van der Waals surface area contributed by atoms with E-state index in [1.165, 1.54) is 0 Å². The maximum Gasteiger partial charge on any atom is 0.307 e. The van der Waals surface area contributed by atoms with Crippen molar-refractivity contribution in [1.29, 1.82) is 0 Å². The molecular weight excluding hydrogens is 505 g/mol. The van der Waals surface area contributed by atoms with Crippen molar-refractivity contribution in [3.63, 3.8) is 0 Å². The summed E-state index contributed by atoms with van der Waals surface area (Å²) in [6.07, 6.45) is 1.49. The predicted molar refractivity (Wildman–Crippen MR) is 148 cm³/mol. The first-order chi connectivity index (χ1) is 18.0. The molecule has 200 valence electrons. The summed E-state index contributed by atoms with van der Waals surface area (Å²) in [5.41, 5.74) is 5.47. The topological polar surface area (TPSA) is 94.8 Å². The van der Waals surface area contributed by atoms with Gasteiger partial charge in [0.15, 0.2) is 0 Å². The van der Waals surface area contributed by atoms with Crippen LogP contribution in [0.4, 0.5) is 4.39 Å². The smallest absolute Gasteiger partial charge is 0.307 e. The molecule has 3 aromatic carbocycles. The molecule has 0 radical (unpaired) electrons. The van der Waals surface area contributed by atoms with Crippen LogP contribution in [0.5, 0.6) is 5.75 Å². The highest BCUT2D eigenvalue weighted by Gasteiger charge is 2.30. The number of carbonyl (C=O) groups is 1. The molecule has 2 N–H and O–H groups in total. The van der Waals surface area contributed by atoms with Gasteiger partial charge in [0.25, 0.3) is 0 Å². The maximum atomic E-state index is 14.0. The third kappa shape index (κ3) is 6.56. The van der Waals surface area contributed by atoms with Gasteiger partial charge in [-0.2, -0.15) is 0 Å². The van der Waals surface area contributed by atoms with E-state index in [1.54, 1.807) is 12.3 Å². The van der Waals surface area contributed by atoms with E-state index >= 15 is 0 Å². The Morgan fingerprint density at radius 1 is 1.16 bits per heavy atom. The Kier molecular flexibility index (Phi) is 8.45. The van der Waals surface area contributed by atoms with Crippen molar-refractivity contribution < 1.29 is 28.0 Å². The Balaban J connectivity index is 1.65. The minimum atomic E-state index is -1.43. The van der Waals surface area contributed by atoms with Gasteiger partial charge in [-0.25, -0.2) is 4.39 Å². The van der Waals surface area contributed by atoms with Gasteiger partial charge in [-0.1, -0.05) is 30.3 Å². The van der Waals surface area contributed by atoms with E-state index in [4.69, 9.17) is 9.15 Å². The molecule has 1 aromatic heterocycles. The number of hydrogen-bond acceptors (Lipinski definition) is 5. The monoisotopic (exact) mass is 537 g/mol. The highest BCUT2D eigenvalue weighted by Crippen LogP contribution is 2.34. The summed E-state index contributed by atoms with van der Waals surface area (Å²) in [6.45, 7) is 6.96. The van der Waals surface area contributed by atoms with E-state index in [9.17, 15) is 18.8 Å². The van der Waals surface area contributed by atoms with Crippen LogP contribution < -0.4 is 9.46 Å². The van der Waals surface area contributed by atoms with Crippen molar-refractivity contribution in [3.05, 3.63) is 89.2 Å². The molecule has 4 aromatic rings. The lowest BCUT2D eigenvalue weighted by atomic mass is 9.97. The zero-order valence-corrected chi connectivity index (χ0v) is 22.7. The standard InChI is InChI=1S/C30H32FNO5S/c1-19-8-9-23(16-28(33)34)27(12-19)37-18-20-13-24-10-11-36-29(24)25(14-20)21-6-5-7-22(15-21)26(17-31)32-38(35)30(2,3)4/h5-15,26,32H,16-18H2,1-4H3,(H,33,34)/t26?,38-/m1/s1. The average Bonchev–Trinajstić information content (AvgIpc) is 3.34. The van der Waals surface area contributed by atoms with Crippen molar-refractivity contribution in [1.82, 2.24) is 4.72 Å². The number of ether oxygens (including phenoxy) is 1. The number of halogens is 1. The summed E-state index contributed by atoms with van der Waals surface area (Å²) >= 11 is -1.43. The Morgan fingerprint density at radius 3 is 2.66 bits per heavy atom. The van der Waals surface area contributed by atoms with Crippen LogP contribution in [0, 0.1) is 6.92 Å². The number of furan rings is 1. The van der Waals surface area contributed by atoms with Gasteiger partial charge in [-0.05, 0) is 80.3 Å². The van der Waals surface area contributed by atoms with Gasteiger partial charge in [0.2, 0.25) is 0 Å². The number of benzene rings is 3. The number of carboxylic acid groups (broad SMARTS) is 1. The number of aryl methyl sites for hydroxylation is 1. The van der Waals surface area contributed by atoms with Crippen molar-refractivity contribution in [3.8, 4) is 16.9 Å². The normalized spacial score (nSPS) is 13.4. The Hall–Kier alpha value is -3.33. The Labute approximate surface area is 225 Å². The van der Waals surface area contributed by atoms with Crippen molar-refractivity contribution in [2.75, 3.05) is 6.67 Å². The molecule has 4 rings (SSSR count). The Morgan fingerprint density at radius 2 is 1.95 bits per heavy atom. The lowest BCUT2D eigenvalue weighted by Gasteiger charge is -2.27. The fourth-order valence-corrected chi connectivity index (χ4v) is 4.94. The second-order valence-electron chi connectivity index (χ2n) is 10.3. The lowest BCUT2D eigenvalue weighted by molar-refractivity contribution is -0.136. The number of rotatable bonds is 10. The molecule has 0 fully saturated rings. The zero-order chi connectivity index (χ0) is 27.4. The van der Waals surface area contributed by atoms with E-state index in [0.717, 1.165) is 27.6 Å². The first kappa shape index (κ1) is 27.7. The molecule has 0 spiro atoms. The first-order valence-electron chi connectivity index (χ1n) is 12.3. The van der Waals surface area contributed by atoms with Gasteiger partial charge in [-0.15, -0.1) is 4.72 Å². The molecule has 8 heteroatoms. The molecule has 6 nitrogen and oxygen atoms in total. The summed E-state index contributed by atoms with van der Waals surface area (Å²) in [6, 6.07) is 18.0. The van der Waals surface area contributed by atoms with E-state index < -0.39 is 34.8 Å². The van der Waals surface area contributed by atoms with Gasteiger partial charge >= 0.3 is 5.97 Å². The number of fused-ring (bicyclic) bond motifs is 1. The van der Waals surface area contributed by atoms with E-state index in [-0.39, 0.29) is 13.0 Å². The van der Waals surface area contributed by atoms with Gasteiger partial charge in [0.1, 0.15) is 35.4 Å². The summed E-state index contributed by atoms with van der Waals surface area (Å²) in [4.78, 5) is 11.3. The highest BCUT2D eigenvalue weighted by molar-refractivity contribution is 7.90. The predicted octanol–water partition coefficient (Wildman–Crippen LogP) is 6.68. The van der Waals surface area contributed by atoms with Crippen LogP contribution in [-0.2, 0) is 29.2 Å². The fraction of sp³-hybridized carbons (Fsp3) is 0.300. The number of aliphatic carboxylic acids is 1. The number of carboxylic acids is 1. The SMILES string of the molecule is Cc1ccc(CC(=O)O)c(OCc2cc(-c3cccc(C(CF)N[S@+]([O-])C(C)(C)C)c3)c3occc3c2)c1. The highest BCUT2D eigenvalue weighted by atomic mass is 32.2. The van der Waals surface area contributed by atoms with Gasteiger partial charge < -0.3 is 18.8 Å². The van der Waals surface area contributed by atoms with E-state index in [1.807, 2.05) is 82.3 Å². The van der Waals surface area contributed by atoms with Crippen LogP contribution in [0.3, 0.4) is 0 Å². The molecule has 38 heavy (non-hydrogen) atoms. The number of hydrogen-bond donors (Lipinski definition) is 2. The lowest BCUT2D eigenvalue weighted by Crippen LogP contribution is -2.41. The number of nitrogens with one attached hydrogen (secondary N) is 1. The van der Waals surface area contributed by atoms with Gasteiger partial charge in [0, 0.05) is 27.9 Å². The molecule has 0 bridgehead atoms. The van der Waals surface area contributed by atoms with Crippen LogP contribution in [-0.4, -0.2) is 27.1 Å². The largest absolute Gasteiger partial charge is 0.598 e. The summed E-state index contributed by atoms with van der Waals surface area (Å²) in [5, 5.41) is 10.1. The molecule has 1 unspecified atom stereocenters. The molecule has 2 atom stereocenters. The number of alkyl halides is 1. The van der Waals surface area contributed by atoms with Gasteiger partial charge in [0.05, 0.1) is 12.7 Å². The fourth-order valence-electron chi connectivity index (χ4n) is 4.13. The third-order valence-electron chi connectivity index (χ3n) is 6.13. The molecule has 0 aliphatic carbocycles. The summed E-state index contributed by atoms with van der Waals surface area (Å²) in [5.74, 6) is -0.389. The van der Waals surface area contributed by atoms with Crippen molar-refractivity contribution in [2.45, 2.75) is 51.5 Å². The van der Waals surface area contributed by atoms with E-state index in [2.05, 4.69) is 4.72 Å². The van der Waals surface area contributed by atoms with Crippen LogP contribution in [0.2, 0.25) is 0 Å². The average molecular weight is 538 g/mol. The minimum absolute atomic E-state index is 0.127. The van der Waals surface area contributed by atoms with Crippen molar-refractivity contribution >= 4 is 28.3 Å². The van der Waals surface area contributed by atoms with Gasteiger partial charge in [-0.3, -0.25) is 4.79 Å². The molecule has 0 amide bonds. The van der Waals surface area contributed by atoms with E-state index in [0.29, 0.717) is 22.5 Å². The summed E-state index contributed by atoms with van der Waals surface area (Å²) < 4.78 is 40.9. The quantitative estimate of drug-likeness (QED) is 0.219. The third-order valence-corrected chi connectivity index (χ3v) is 7.74. The van der Waals surface area contributed by atoms with Crippen LogP contribution in [0.15, 0.2) is 71.3 Å². The zero-order valence-electron chi connectivity index (χ0n) is 21.9. The Bertz CT molecular complexity index is 1430. The maximum absolute atomic E-state index is 14.0. The van der Waals surface area contributed by atoms with Crippen LogP contribution in [0.25, 0.3) is 22.1 Å². The second-order valence-corrected chi connectivity index (χ2v) is 12.3. The van der Waals surface area contributed by atoms with Crippen molar-refractivity contribution in [2.24, 2.45) is 0 Å². The summed E-state index contributed by atoms with van der Waals surface area (Å²) in [7, 11) is 0. The second kappa shape index (κ2) is 11.6. The van der Waals surface area contributed by atoms with Crippen LogP contribution >= 0.6 is 0 Å². The molecule has 0 saturated carbocycles.